The fourth-order valence-corrected chi connectivity index (χ4v) is 4.72. The van der Waals surface area contributed by atoms with Gasteiger partial charge in [0.1, 0.15) is 22.8 Å². The van der Waals surface area contributed by atoms with Crippen LogP contribution >= 0.6 is 11.6 Å². The summed E-state index contributed by atoms with van der Waals surface area (Å²) in [5.74, 6) is 1.56. The summed E-state index contributed by atoms with van der Waals surface area (Å²) in [7, 11) is 1.63. The van der Waals surface area contributed by atoms with Crippen LogP contribution in [-0.2, 0) is 4.79 Å². The van der Waals surface area contributed by atoms with Crippen molar-refractivity contribution in [3.8, 4) is 28.1 Å². The fourth-order valence-electron chi connectivity index (χ4n) is 4.50. The van der Waals surface area contributed by atoms with E-state index in [9.17, 15) is 4.79 Å². The molecule has 9 nitrogen and oxygen atoms in total. The lowest BCUT2D eigenvalue weighted by atomic mass is 9.89. The minimum Gasteiger partial charge on any atom is -0.497 e. The Labute approximate surface area is 207 Å². The highest BCUT2D eigenvalue weighted by Crippen LogP contribution is 2.39. The number of carbonyl (C=O) groups excluding carboxylic acids is 1. The minimum atomic E-state index is -0.778. The number of nitrogens with two attached hydrogens (primary N) is 1. The molecule has 0 radical (unpaired) electrons. The zero-order valence-corrected chi connectivity index (χ0v) is 20.5. The highest BCUT2D eigenvalue weighted by Gasteiger charge is 2.48. The van der Waals surface area contributed by atoms with Crippen molar-refractivity contribution in [2.45, 2.75) is 19.4 Å². The molecular weight excluding hydrogens is 466 g/mol. The number of carbonyl (C=O) groups is 1. The lowest BCUT2D eigenvalue weighted by molar-refractivity contribution is -0.125. The summed E-state index contributed by atoms with van der Waals surface area (Å²) in [6, 6.07) is 15.3. The Kier molecular flexibility index (Phi) is 5.82. The number of fused-ring (bicyclic) bond motifs is 1. The van der Waals surface area contributed by atoms with Crippen molar-refractivity contribution in [3.63, 3.8) is 0 Å². The molecule has 1 saturated heterocycles. The fraction of sp³-hybridized carbons (Fsp3) is 0.280. The van der Waals surface area contributed by atoms with Gasteiger partial charge in [0.15, 0.2) is 5.65 Å². The molecule has 0 spiro atoms. The summed E-state index contributed by atoms with van der Waals surface area (Å²) in [5, 5.41) is 8.67. The highest BCUT2D eigenvalue weighted by molar-refractivity contribution is 6.33. The smallest absolute Gasteiger partial charge is 0.241 e. The molecule has 3 N–H and O–H groups in total. The van der Waals surface area contributed by atoms with E-state index in [1.165, 1.54) is 0 Å². The number of methoxy groups -OCH3 is 1. The van der Waals surface area contributed by atoms with Crippen molar-refractivity contribution in [2.24, 2.45) is 5.73 Å². The normalized spacial score (nSPS) is 14.7. The summed E-state index contributed by atoms with van der Waals surface area (Å²) in [4.78, 5) is 23.6. The van der Waals surface area contributed by atoms with E-state index >= 15 is 0 Å². The van der Waals surface area contributed by atoms with Crippen LogP contribution in [0.25, 0.3) is 28.0 Å². The van der Waals surface area contributed by atoms with Gasteiger partial charge in [-0.1, -0.05) is 48.9 Å². The molecule has 1 fully saturated rings. The highest BCUT2D eigenvalue weighted by atomic mass is 35.5. The van der Waals surface area contributed by atoms with Crippen molar-refractivity contribution in [1.29, 1.82) is 0 Å². The van der Waals surface area contributed by atoms with Gasteiger partial charge in [0, 0.05) is 18.7 Å². The van der Waals surface area contributed by atoms with Gasteiger partial charge in [0.2, 0.25) is 11.9 Å². The second kappa shape index (κ2) is 8.83. The van der Waals surface area contributed by atoms with Crippen molar-refractivity contribution < 1.29 is 9.53 Å². The summed E-state index contributed by atoms with van der Waals surface area (Å²) >= 11 is 6.57. The predicted molar refractivity (Wildman–Crippen MR) is 136 cm³/mol. The third kappa shape index (κ3) is 3.86. The number of aryl methyl sites for hydroxylation is 1. The van der Waals surface area contributed by atoms with E-state index in [-0.39, 0.29) is 5.91 Å². The number of primary amides is 1. The number of amides is 1. The average Bonchev–Trinajstić information content (AvgIpc) is 3.21. The molecule has 0 atom stereocenters. The molecule has 0 unspecified atom stereocenters. The molecule has 1 aliphatic heterocycles. The van der Waals surface area contributed by atoms with Gasteiger partial charge in [-0.2, -0.15) is 19.6 Å². The Morgan fingerprint density at radius 3 is 2.51 bits per heavy atom. The Bertz CT molecular complexity index is 1410. The average molecular weight is 492 g/mol. The molecule has 3 heterocycles. The molecule has 4 aromatic rings. The number of hydrogen-bond acceptors (Lipinski definition) is 7. The van der Waals surface area contributed by atoms with Crippen LogP contribution in [0.4, 0.5) is 5.95 Å². The van der Waals surface area contributed by atoms with E-state index < -0.39 is 5.54 Å². The van der Waals surface area contributed by atoms with E-state index in [0.29, 0.717) is 47.8 Å². The second-order valence-corrected chi connectivity index (χ2v) is 8.98. The first-order valence-electron chi connectivity index (χ1n) is 11.3. The van der Waals surface area contributed by atoms with Crippen LogP contribution in [0.5, 0.6) is 5.75 Å². The summed E-state index contributed by atoms with van der Waals surface area (Å²) < 4.78 is 7.07. The molecule has 0 saturated carbocycles. The number of benzene rings is 2. The van der Waals surface area contributed by atoms with Crippen LogP contribution in [0.2, 0.25) is 5.02 Å². The molecule has 0 bridgehead atoms. The topological polar surface area (TPSA) is 111 Å². The maximum atomic E-state index is 12.1. The van der Waals surface area contributed by atoms with Gasteiger partial charge in [-0.15, -0.1) is 0 Å². The number of aromatic nitrogens is 4. The zero-order valence-electron chi connectivity index (χ0n) is 19.7. The van der Waals surface area contributed by atoms with Crippen LogP contribution in [0, 0.1) is 6.92 Å². The number of halogens is 1. The molecule has 1 amide bonds. The SMILES string of the molecule is CCNC1(C(N)=O)CN(c2nc(C)n3nc(-c4ccccc4Cl)c(-c4ccc(OC)cc4)c3n2)C1. The molecule has 10 heteroatoms. The van der Waals surface area contributed by atoms with Crippen molar-refractivity contribution in [1.82, 2.24) is 24.9 Å². The molecule has 2 aromatic heterocycles. The first-order valence-corrected chi connectivity index (χ1v) is 11.7. The molecule has 2 aromatic carbocycles. The van der Waals surface area contributed by atoms with E-state index in [2.05, 4.69) is 10.3 Å². The Hall–Kier alpha value is -3.69. The third-order valence-electron chi connectivity index (χ3n) is 6.33. The standard InChI is InChI=1S/C25H26ClN7O2/c1-4-28-25(23(27)34)13-32(14-25)24-29-15(2)33-22(30-24)20(16-9-11-17(35-3)12-10-16)21(31-33)18-7-5-6-8-19(18)26/h5-12,28H,4,13-14H2,1-3H3,(H2,27,34). The van der Waals surface area contributed by atoms with E-state index in [4.69, 9.17) is 32.2 Å². The summed E-state index contributed by atoms with van der Waals surface area (Å²) in [6.45, 7) is 5.26. The summed E-state index contributed by atoms with van der Waals surface area (Å²) in [5.41, 5.74) is 8.81. The lowest BCUT2D eigenvalue weighted by Gasteiger charge is -2.48. The molecule has 180 valence electrons. The molecule has 5 rings (SSSR count). The number of nitrogens with one attached hydrogen (secondary N) is 1. The maximum Gasteiger partial charge on any atom is 0.241 e. The number of hydrogen-bond donors (Lipinski definition) is 2. The van der Waals surface area contributed by atoms with Gasteiger partial charge < -0.3 is 20.7 Å². The molecule has 1 aliphatic rings. The Morgan fingerprint density at radius 1 is 1.17 bits per heavy atom. The van der Waals surface area contributed by atoms with Crippen LogP contribution in [0.3, 0.4) is 0 Å². The maximum absolute atomic E-state index is 12.1. The lowest BCUT2D eigenvalue weighted by Crippen LogP contribution is -2.75. The van der Waals surface area contributed by atoms with Crippen LogP contribution in [0.1, 0.15) is 12.7 Å². The quantitative estimate of drug-likeness (QED) is 0.408. The molecule has 0 aliphatic carbocycles. The van der Waals surface area contributed by atoms with Gasteiger partial charge >= 0.3 is 0 Å². The number of likely N-dealkylation sites (N-methyl/N-ethyl adjacent to an activating group) is 1. The Balaban J connectivity index is 1.67. The van der Waals surface area contributed by atoms with Crippen molar-refractivity contribution >= 4 is 29.1 Å². The van der Waals surface area contributed by atoms with Crippen LogP contribution in [0.15, 0.2) is 48.5 Å². The number of rotatable bonds is 7. The van der Waals surface area contributed by atoms with Gasteiger partial charge in [-0.3, -0.25) is 4.79 Å². The molecular formula is C25H26ClN7O2. The van der Waals surface area contributed by atoms with Crippen molar-refractivity contribution in [2.75, 3.05) is 31.6 Å². The monoisotopic (exact) mass is 491 g/mol. The largest absolute Gasteiger partial charge is 0.497 e. The number of ether oxygens (including phenoxy) is 1. The zero-order chi connectivity index (χ0) is 24.7. The van der Waals surface area contributed by atoms with Crippen LogP contribution < -0.4 is 20.7 Å². The molecule has 35 heavy (non-hydrogen) atoms. The third-order valence-corrected chi connectivity index (χ3v) is 6.66. The minimum absolute atomic E-state index is 0.377. The second-order valence-electron chi connectivity index (χ2n) is 8.57. The van der Waals surface area contributed by atoms with Gasteiger partial charge in [0.25, 0.3) is 0 Å². The van der Waals surface area contributed by atoms with E-state index in [1.807, 2.05) is 67.3 Å². The van der Waals surface area contributed by atoms with E-state index in [1.54, 1.807) is 11.6 Å². The predicted octanol–water partition coefficient (Wildman–Crippen LogP) is 3.08. The summed E-state index contributed by atoms with van der Waals surface area (Å²) in [6.07, 6.45) is 0. The van der Waals surface area contributed by atoms with Gasteiger partial charge in [-0.05, 0) is 37.2 Å². The number of anilines is 1. The van der Waals surface area contributed by atoms with Crippen molar-refractivity contribution in [3.05, 3.63) is 59.4 Å². The van der Waals surface area contributed by atoms with Gasteiger partial charge in [-0.25, -0.2) is 0 Å². The van der Waals surface area contributed by atoms with Crippen LogP contribution in [-0.4, -0.2) is 57.8 Å². The number of nitrogens with zero attached hydrogens (tertiary/aromatic N) is 5. The van der Waals surface area contributed by atoms with Gasteiger partial charge in [0.05, 0.1) is 17.7 Å². The first kappa shape index (κ1) is 23.1. The Morgan fingerprint density at radius 2 is 1.89 bits per heavy atom. The van der Waals surface area contributed by atoms with E-state index in [0.717, 1.165) is 22.4 Å². The first-order chi connectivity index (χ1) is 16.9.